The molecule has 170 valence electrons. The number of thioether (sulfide) groups is 1. The third-order valence-electron chi connectivity index (χ3n) is 4.17. The Labute approximate surface area is 209 Å². The standard InChI is InChI=1S/C10H12NS2.C10H12NS.BF4.HI/c1-3-11-8-6-4-5-7-9(8)13-10(11)12-2;1-3-11-8(2)12-10-7-5-4-6-9(10)11;2-1(3,4)5;/h4-7H,3H2,1-2H3;4-7H,3H2,1-2H3;;1H/q2*+1;-1;/p-1. The number of benzene rings is 2. The lowest BCUT2D eigenvalue weighted by molar-refractivity contribution is -0.698. The fourth-order valence-corrected chi connectivity index (χ4v) is 6.10. The number of hydrogen-bond donors (Lipinski definition) is 0. The number of aromatic nitrogens is 2. The summed E-state index contributed by atoms with van der Waals surface area (Å²) in [5.74, 6) is 0. The van der Waals surface area contributed by atoms with Crippen molar-refractivity contribution < 1.29 is 50.4 Å². The molecule has 2 heterocycles. The Balaban J connectivity index is 0.000000250. The molecule has 31 heavy (non-hydrogen) atoms. The number of thiazole rings is 2. The highest BCUT2D eigenvalue weighted by Crippen LogP contribution is 2.26. The zero-order valence-electron chi connectivity index (χ0n) is 17.6. The Hall–Kier alpha value is -0.915. The van der Waals surface area contributed by atoms with E-state index in [1.165, 1.54) is 29.8 Å². The molecule has 0 radical (unpaired) electrons. The predicted molar refractivity (Wildman–Crippen MR) is 122 cm³/mol. The SMILES string of the molecule is CC[n+]1c(C)sc2ccccc21.CC[n+]1c(SC)sc2ccccc21.F[B-](F)(F)F.[I-]. The van der Waals surface area contributed by atoms with Gasteiger partial charge >= 0.3 is 7.25 Å². The molecule has 0 aliphatic heterocycles. The number of halogens is 5. The number of aryl methyl sites for hydroxylation is 3. The van der Waals surface area contributed by atoms with Gasteiger partial charge < -0.3 is 41.2 Å². The zero-order valence-corrected chi connectivity index (χ0v) is 22.2. The summed E-state index contributed by atoms with van der Waals surface area (Å²) in [5, 5.41) is 1.39. The maximum Gasteiger partial charge on any atom is 0.673 e. The molecule has 4 rings (SSSR count). The average Bonchev–Trinajstić information content (AvgIpc) is 3.22. The first-order chi connectivity index (χ1) is 14.2. The van der Waals surface area contributed by atoms with Crippen LogP contribution >= 0.6 is 34.4 Å². The molecule has 0 aliphatic rings. The highest BCUT2D eigenvalue weighted by Gasteiger charge is 2.20. The molecule has 2 aromatic carbocycles. The van der Waals surface area contributed by atoms with Crippen molar-refractivity contribution in [2.24, 2.45) is 0 Å². The van der Waals surface area contributed by atoms with Gasteiger partial charge in [0.1, 0.15) is 22.5 Å². The van der Waals surface area contributed by atoms with Crippen molar-refractivity contribution in [2.75, 3.05) is 6.26 Å². The van der Waals surface area contributed by atoms with E-state index in [-0.39, 0.29) is 24.0 Å². The molecule has 0 spiro atoms. The topological polar surface area (TPSA) is 7.76 Å². The fourth-order valence-electron chi connectivity index (χ4n) is 3.01. The van der Waals surface area contributed by atoms with E-state index in [0.29, 0.717) is 0 Å². The van der Waals surface area contributed by atoms with Crippen LogP contribution in [0.5, 0.6) is 0 Å². The quantitative estimate of drug-likeness (QED) is 0.114. The molecule has 0 N–H and O–H groups in total. The van der Waals surface area contributed by atoms with Gasteiger partial charge in [0.15, 0.2) is 0 Å². The van der Waals surface area contributed by atoms with Crippen molar-refractivity contribution in [3.63, 3.8) is 0 Å². The second kappa shape index (κ2) is 13.0. The molecule has 2 aromatic heterocycles. The van der Waals surface area contributed by atoms with E-state index in [1.54, 1.807) is 0 Å². The summed E-state index contributed by atoms with van der Waals surface area (Å²) in [6, 6.07) is 17.1. The van der Waals surface area contributed by atoms with E-state index < -0.39 is 7.25 Å². The van der Waals surface area contributed by atoms with Crippen LogP contribution in [0.15, 0.2) is 52.9 Å². The lowest BCUT2D eigenvalue weighted by atomic mass is 10.3. The number of hydrogen-bond acceptors (Lipinski definition) is 3. The first-order valence-corrected chi connectivity index (χ1v) is 12.3. The number of nitrogens with zero attached hydrogens (tertiary/aromatic N) is 2. The fraction of sp³-hybridized carbons (Fsp3) is 0.300. The second-order valence-electron chi connectivity index (χ2n) is 6.11. The summed E-state index contributed by atoms with van der Waals surface area (Å²) in [6.07, 6.45) is 2.14. The number of para-hydroxylation sites is 2. The van der Waals surface area contributed by atoms with Gasteiger partial charge in [-0.15, -0.1) is 0 Å². The van der Waals surface area contributed by atoms with Gasteiger partial charge in [-0.2, -0.15) is 9.13 Å². The first-order valence-electron chi connectivity index (χ1n) is 9.40. The van der Waals surface area contributed by atoms with Crippen LogP contribution in [0, 0.1) is 6.92 Å². The van der Waals surface area contributed by atoms with Crippen LogP contribution in [0.1, 0.15) is 18.9 Å². The first kappa shape index (κ1) is 28.1. The van der Waals surface area contributed by atoms with Gasteiger partial charge in [0.05, 0.1) is 0 Å². The Morgan fingerprint density at radius 1 is 0.806 bits per heavy atom. The van der Waals surface area contributed by atoms with Gasteiger partial charge in [0.25, 0.3) is 4.34 Å². The van der Waals surface area contributed by atoms with Crippen molar-refractivity contribution in [3.8, 4) is 0 Å². The summed E-state index contributed by atoms with van der Waals surface area (Å²) >= 11 is 5.57. The number of fused-ring (bicyclic) bond motifs is 2. The Bertz CT molecular complexity index is 1090. The van der Waals surface area contributed by atoms with Gasteiger partial charge in [-0.05, 0) is 44.0 Å². The maximum absolute atomic E-state index is 9.75. The van der Waals surface area contributed by atoms with Crippen LogP contribution in [-0.2, 0) is 13.1 Å². The molecule has 0 saturated heterocycles. The molecular formula is C20H24BF4IN2S3. The number of rotatable bonds is 3. The molecule has 0 saturated carbocycles. The Morgan fingerprint density at radius 2 is 1.23 bits per heavy atom. The molecule has 0 aliphatic carbocycles. The van der Waals surface area contributed by atoms with E-state index in [4.69, 9.17) is 0 Å². The molecule has 0 fully saturated rings. The van der Waals surface area contributed by atoms with Crippen LogP contribution in [0.2, 0.25) is 0 Å². The largest absolute Gasteiger partial charge is 1.00 e. The zero-order chi connectivity index (χ0) is 22.3. The third kappa shape index (κ3) is 8.18. The molecule has 11 heteroatoms. The predicted octanol–water partition coefficient (Wildman–Crippen LogP) is 3.75. The highest BCUT2D eigenvalue weighted by molar-refractivity contribution is 8.00. The molecule has 4 aromatic rings. The molecule has 0 bridgehead atoms. The minimum absolute atomic E-state index is 0. The van der Waals surface area contributed by atoms with Gasteiger partial charge in [-0.25, -0.2) is 0 Å². The molecule has 0 atom stereocenters. The summed E-state index contributed by atoms with van der Waals surface area (Å²) in [7, 11) is -6.00. The second-order valence-corrected chi connectivity index (χ2v) is 9.43. The highest BCUT2D eigenvalue weighted by atomic mass is 127. The smallest absolute Gasteiger partial charge is 0.673 e. The van der Waals surface area contributed by atoms with Crippen molar-refractivity contribution >= 4 is 62.1 Å². The van der Waals surface area contributed by atoms with E-state index in [2.05, 4.69) is 84.7 Å². The third-order valence-corrected chi connectivity index (χ3v) is 7.54. The van der Waals surface area contributed by atoms with Crippen LogP contribution in [0.4, 0.5) is 17.3 Å². The van der Waals surface area contributed by atoms with Gasteiger partial charge in [0, 0.05) is 19.1 Å². The van der Waals surface area contributed by atoms with Crippen molar-refractivity contribution in [1.29, 1.82) is 0 Å². The van der Waals surface area contributed by atoms with Crippen LogP contribution in [0.25, 0.3) is 20.4 Å². The Kier molecular flexibility index (Phi) is 11.7. The summed E-state index contributed by atoms with van der Waals surface area (Å²) < 4.78 is 47.9. The molecular weight excluding hydrogens is 578 g/mol. The molecule has 0 amide bonds. The lowest BCUT2D eigenvalue weighted by Crippen LogP contribution is -3.00. The van der Waals surface area contributed by atoms with Crippen LogP contribution < -0.4 is 33.1 Å². The van der Waals surface area contributed by atoms with Crippen molar-refractivity contribution in [3.05, 3.63) is 53.5 Å². The van der Waals surface area contributed by atoms with Gasteiger partial charge in [-0.3, -0.25) is 0 Å². The lowest BCUT2D eigenvalue weighted by Gasteiger charge is -1.94. The normalized spacial score (nSPS) is 10.7. The van der Waals surface area contributed by atoms with Crippen molar-refractivity contribution in [2.45, 2.75) is 38.2 Å². The van der Waals surface area contributed by atoms with Crippen LogP contribution in [-0.4, -0.2) is 13.5 Å². The van der Waals surface area contributed by atoms with Gasteiger partial charge in [-0.1, -0.05) is 46.9 Å². The van der Waals surface area contributed by atoms with E-state index in [1.807, 2.05) is 34.4 Å². The molecule has 0 unspecified atom stereocenters. The van der Waals surface area contributed by atoms with Gasteiger partial charge in [0.2, 0.25) is 16.0 Å². The van der Waals surface area contributed by atoms with E-state index in [9.17, 15) is 17.3 Å². The monoisotopic (exact) mass is 602 g/mol. The summed E-state index contributed by atoms with van der Waals surface area (Å²) in [5.41, 5.74) is 2.72. The van der Waals surface area contributed by atoms with E-state index >= 15 is 0 Å². The van der Waals surface area contributed by atoms with E-state index in [0.717, 1.165) is 13.1 Å². The minimum atomic E-state index is -6.00. The average molecular weight is 602 g/mol. The van der Waals surface area contributed by atoms with Crippen molar-refractivity contribution in [1.82, 2.24) is 0 Å². The van der Waals surface area contributed by atoms with Crippen LogP contribution in [0.3, 0.4) is 0 Å². The Morgan fingerprint density at radius 3 is 1.68 bits per heavy atom. The minimum Gasteiger partial charge on any atom is -1.00 e. The summed E-state index contributed by atoms with van der Waals surface area (Å²) in [6.45, 7) is 8.68. The maximum atomic E-state index is 9.75. The summed E-state index contributed by atoms with van der Waals surface area (Å²) in [4.78, 5) is 0. The molecule has 2 nitrogen and oxygen atoms in total.